The molecule has 1 aromatic carbocycles. The lowest BCUT2D eigenvalue weighted by atomic mass is 10.2. The number of anilines is 1. The van der Waals surface area contributed by atoms with E-state index >= 15 is 0 Å². The van der Waals surface area contributed by atoms with E-state index in [-0.39, 0.29) is 5.97 Å². The monoisotopic (exact) mass is 233 g/mol. The molecule has 0 unspecified atom stereocenters. The Labute approximate surface area is 102 Å². The molecule has 0 aliphatic rings. The van der Waals surface area contributed by atoms with Crippen molar-refractivity contribution in [3.05, 3.63) is 41.5 Å². The summed E-state index contributed by atoms with van der Waals surface area (Å²) >= 11 is 0. The highest BCUT2D eigenvalue weighted by atomic mass is 16.5. The molecule has 0 bridgehead atoms. The van der Waals surface area contributed by atoms with Crippen LogP contribution in [-0.4, -0.2) is 19.6 Å². The zero-order valence-corrected chi connectivity index (χ0v) is 10.6. The van der Waals surface area contributed by atoms with E-state index in [2.05, 4.69) is 11.4 Å². The molecule has 0 aromatic heterocycles. The second kappa shape index (κ2) is 6.74. The molecule has 1 N–H and O–H groups in total. The average molecular weight is 233 g/mol. The van der Waals surface area contributed by atoms with E-state index in [1.807, 2.05) is 38.1 Å². The molecule has 0 amide bonds. The third-order valence-corrected chi connectivity index (χ3v) is 2.50. The lowest BCUT2D eigenvalue weighted by Gasteiger charge is -2.06. The van der Waals surface area contributed by atoms with E-state index in [1.54, 1.807) is 0 Å². The summed E-state index contributed by atoms with van der Waals surface area (Å²) in [6, 6.07) is 8.12. The van der Waals surface area contributed by atoms with Crippen LogP contribution in [0.5, 0.6) is 0 Å². The number of carbonyl (C=O) groups excluding carboxylic acids is 1. The Morgan fingerprint density at radius 3 is 2.82 bits per heavy atom. The van der Waals surface area contributed by atoms with Gasteiger partial charge in [-0.05, 0) is 31.0 Å². The molecule has 0 aliphatic carbocycles. The molecule has 0 aliphatic heterocycles. The predicted molar refractivity (Wildman–Crippen MR) is 70.1 cm³/mol. The van der Waals surface area contributed by atoms with Crippen molar-refractivity contribution in [1.29, 1.82) is 0 Å². The minimum atomic E-state index is -0.251. The fourth-order valence-electron chi connectivity index (χ4n) is 1.55. The summed E-state index contributed by atoms with van der Waals surface area (Å²) in [7, 11) is 1.40. The topological polar surface area (TPSA) is 38.3 Å². The summed E-state index contributed by atoms with van der Waals surface area (Å²) in [6.45, 7) is 4.62. The Hall–Kier alpha value is -1.77. The lowest BCUT2D eigenvalue weighted by Crippen LogP contribution is -2.07. The van der Waals surface area contributed by atoms with Gasteiger partial charge in [0.25, 0.3) is 0 Å². The van der Waals surface area contributed by atoms with Crippen LogP contribution >= 0.6 is 0 Å². The van der Waals surface area contributed by atoms with Crippen molar-refractivity contribution < 1.29 is 9.53 Å². The Kier molecular flexibility index (Phi) is 5.27. The zero-order chi connectivity index (χ0) is 12.7. The van der Waals surface area contributed by atoms with Crippen LogP contribution in [0.3, 0.4) is 0 Å². The van der Waals surface area contributed by atoms with Crippen LogP contribution in [-0.2, 0) is 9.53 Å². The maximum atomic E-state index is 11.3. The second-order valence-corrected chi connectivity index (χ2v) is 3.82. The molecule has 1 aromatic rings. The van der Waals surface area contributed by atoms with E-state index < -0.39 is 0 Å². The molecule has 0 saturated heterocycles. The highest BCUT2D eigenvalue weighted by Crippen LogP contribution is 2.09. The van der Waals surface area contributed by atoms with Gasteiger partial charge in [0.05, 0.1) is 7.11 Å². The molecule has 17 heavy (non-hydrogen) atoms. The Morgan fingerprint density at radius 2 is 2.24 bits per heavy atom. The first-order chi connectivity index (χ1) is 8.17. The molecular weight excluding hydrogens is 214 g/mol. The molecule has 1 rings (SSSR count). The number of benzene rings is 1. The number of hydrogen-bond acceptors (Lipinski definition) is 3. The van der Waals surface area contributed by atoms with Gasteiger partial charge >= 0.3 is 5.97 Å². The highest BCUT2D eigenvalue weighted by molar-refractivity contribution is 5.88. The lowest BCUT2D eigenvalue weighted by molar-refractivity contribution is -0.136. The Bertz CT molecular complexity index is 410. The molecule has 0 radical (unpaired) electrons. The van der Waals surface area contributed by atoms with Crippen molar-refractivity contribution in [2.45, 2.75) is 20.3 Å². The van der Waals surface area contributed by atoms with Gasteiger partial charge in [0, 0.05) is 17.8 Å². The molecule has 0 spiro atoms. The number of aryl methyl sites for hydroxylation is 1. The first-order valence-corrected chi connectivity index (χ1v) is 5.75. The van der Waals surface area contributed by atoms with E-state index in [0.29, 0.717) is 18.5 Å². The minimum absolute atomic E-state index is 0.251. The van der Waals surface area contributed by atoms with Gasteiger partial charge in [-0.1, -0.05) is 25.1 Å². The van der Waals surface area contributed by atoms with Crippen molar-refractivity contribution in [3.63, 3.8) is 0 Å². The van der Waals surface area contributed by atoms with E-state index in [9.17, 15) is 4.79 Å². The summed E-state index contributed by atoms with van der Waals surface area (Å²) in [4.78, 5) is 11.3. The molecule has 92 valence electrons. The number of hydrogen-bond donors (Lipinski definition) is 1. The first kappa shape index (κ1) is 13.3. The van der Waals surface area contributed by atoms with E-state index in [4.69, 9.17) is 4.74 Å². The van der Waals surface area contributed by atoms with E-state index in [0.717, 1.165) is 5.69 Å². The van der Waals surface area contributed by atoms with Gasteiger partial charge in [0.2, 0.25) is 0 Å². The third-order valence-electron chi connectivity index (χ3n) is 2.50. The Morgan fingerprint density at radius 1 is 1.47 bits per heavy atom. The molecule has 0 atom stereocenters. The van der Waals surface area contributed by atoms with Crippen molar-refractivity contribution in [3.8, 4) is 0 Å². The second-order valence-electron chi connectivity index (χ2n) is 3.82. The molecular formula is C14H19NO2. The van der Waals surface area contributed by atoms with Crippen LogP contribution in [0, 0.1) is 6.92 Å². The summed E-state index contributed by atoms with van der Waals surface area (Å²) in [5.41, 5.74) is 2.97. The predicted octanol–water partition coefficient (Wildman–Crippen LogP) is 2.92. The van der Waals surface area contributed by atoms with Gasteiger partial charge in [0.15, 0.2) is 0 Å². The van der Waals surface area contributed by atoms with Gasteiger partial charge in [-0.2, -0.15) is 0 Å². The fourth-order valence-corrected chi connectivity index (χ4v) is 1.55. The normalized spacial score (nSPS) is 11.1. The van der Waals surface area contributed by atoms with Crippen LogP contribution in [0.25, 0.3) is 0 Å². The van der Waals surface area contributed by atoms with Gasteiger partial charge in [-0.3, -0.25) is 0 Å². The number of nitrogens with one attached hydrogen (secondary N) is 1. The summed E-state index contributed by atoms with van der Waals surface area (Å²) in [6.07, 6.45) is 2.55. The van der Waals surface area contributed by atoms with Crippen LogP contribution in [0.2, 0.25) is 0 Å². The first-order valence-electron chi connectivity index (χ1n) is 5.75. The van der Waals surface area contributed by atoms with Crippen molar-refractivity contribution in [2.24, 2.45) is 0 Å². The molecule has 0 heterocycles. The average Bonchev–Trinajstić information content (AvgIpc) is 2.34. The number of methoxy groups -OCH3 is 1. The van der Waals surface area contributed by atoms with Crippen LogP contribution in [0.4, 0.5) is 5.69 Å². The largest absolute Gasteiger partial charge is 0.466 e. The summed E-state index contributed by atoms with van der Waals surface area (Å²) in [5.74, 6) is -0.251. The van der Waals surface area contributed by atoms with Crippen LogP contribution in [0.1, 0.15) is 18.9 Å². The van der Waals surface area contributed by atoms with E-state index in [1.165, 1.54) is 12.7 Å². The van der Waals surface area contributed by atoms with Gasteiger partial charge < -0.3 is 10.1 Å². The molecule has 3 nitrogen and oxygen atoms in total. The quantitative estimate of drug-likeness (QED) is 0.627. The molecule has 0 fully saturated rings. The number of ether oxygens (including phenoxy) is 1. The zero-order valence-electron chi connectivity index (χ0n) is 10.6. The van der Waals surface area contributed by atoms with Gasteiger partial charge in [-0.15, -0.1) is 0 Å². The number of esters is 1. The number of rotatable bonds is 5. The maximum Gasteiger partial charge on any atom is 0.333 e. The molecule has 0 saturated carbocycles. The minimum Gasteiger partial charge on any atom is -0.466 e. The van der Waals surface area contributed by atoms with Crippen LogP contribution < -0.4 is 5.32 Å². The SMILES string of the molecule is CC/C(=C/CNc1cccc(C)c1)C(=O)OC. The van der Waals surface area contributed by atoms with Crippen molar-refractivity contribution in [1.82, 2.24) is 0 Å². The number of carbonyl (C=O) groups is 1. The maximum absolute atomic E-state index is 11.3. The molecule has 3 heteroatoms. The summed E-state index contributed by atoms with van der Waals surface area (Å²) < 4.78 is 4.69. The smallest absolute Gasteiger partial charge is 0.333 e. The Balaban J connectivity index is 2.56. The van der Waals surface area contributed by atoms with Gasteiger partial charge in [-0.25, -0.2) is 4.79 Å². The standard InChI is InChI=1S/C14H19NO2/c1-4-12(14(16)17-3)8-9-15-13-7-5-6-11(2)10-13/h5-8,10,15H,4,9H2,1-3H3/b12-8-. The van der Waals surface area contributed by atoms with Crippen molar-refractivity contribution >= 4 is 11.7 Å². The summed E-state index contributed by atoms with van der Waals surface area (Å²) in [5, 5.41) is 3.25. The van der Waals surface area contributed by atoms with Crippen molar-refractivity contribution in [2.75, 3.05) is 19.0 Å². The fraction of sp³-hybridized carbons (Fsp3) is 0.357. The van der Waals surface area contributed by atoms with Gasteiger partial charge in [0.1, 0.15) is 0 Å². The van der Waals surface area contributed by atoms with Crippen LogP contribution in [0.15, 0.2) is 35.9 Å². The highest BCUT2D eigenvalue weighted by Gasteiger charge is 2.05. The third kappa shape index (κ3) is 4.31.